The molecule has 0 aliphatic carbocycles. The van der Waals surface area contributed by atoms with E-state index in [4.69, 9.17) is 10.5 Å². The van der Waals surface area contributed by atoms with E-state index in [-0.39, 0.29) is 18.4 Å². The Labute approximate surface area is 124 Å². The number of hydrogen-bond acceptors (Lipinski definition) is 4. The number of likely N-dealkylation sites (tertiary alicyclic amines) is 1. The highest BCUT2D eigenvalue weighted by molar-refractivity contribution is 5.93. The summed E-state index contributed by atoms with van der Waals surface area (Å²) in [6.45, 7) is 1.54. The summed E-state index contributed by atoms with van der Waals surface area (Å²) >= 11 is 0. The normalized spacial score (nSPS) is 18.4. The van der Waals surface area contributed by atoms with Crippen molar-refractivity contribution in [3.63, 3.8) is 0 Å². The molecule has 1 atom stereocenters. The fourth-order valence-electron chi connectivity index (χ4n) is 2.83. The number of primary amides is 1. The first kappa shape index (κ1) is 15.3. The molecule has 3 amide bonds. The lowest BCUT2D eigenvalue weighted by Crippen LogP contribution is -2.37. The van der Waals surface area contributed by atoms with Crippen molar-refractivity contribution in [2.75, 3.05) is 20.2 Å². The van der Waals surface area contributed by atoms with Crippen LogP contribution in [0.3, 0.4) is 0 Å². The third-order valence-corrected chi connectivity index (χ3v) is 3.75. The predicted octanol–water partition coefficient (Wildman–Crippen LogP) is 1.42. The molecule has 0 spiro atoms. The summed E-state index contributed by atoms with van der Waals surface area (Å²) in [7, 11) is 1.67. The van der Waals surface area contributed by atoms with Crippen LogP contribution in [0.2, 0.25) is 0 Å². The Bertz CT molecular complexity index is 519. The summed E-state index contributed by atoms with van der Waals surface area (Å²) in [5.74, 6) is 0.532. The van der Waals surface area contributed by atoms with E-state index < -0.39 is 6.03 Å². The Morgan fingerprint density at radius 1 is 1.43 bits per heavy atom. The predicted molar refractivity (Wildman–Crippen MR) is 78.9 cm³/mol. The molecule has 114 valence electrons. The number of para-hydroxylation sites is 1. The van der Waals surface area contributed by atoms with Crippen LogP contribution in [0.5, 0.6) is 5.75 Å². The zero-order valence-corrected chi connectivity index (χ0v) is 12.2. The summed E-state index contributed by atoms with van der Waals surface area (Å²) < 4.78 is 5.42. The molecule has 0 bridgehead atoms. The second kappa shape index (κ2) is 7.08. The van der Waals surface area contributed by atoms with Crippen LogP contribution in [0.4, 0.5) is 4.79 Å². The highest BCUT2D eigenvalue weighted by atomic mass is 16.5. The summed E-state index contributed by atoms with van der Waals surface area (Å²) in [6.07, 6.45) is 2.38. The first-order valence-corrected chi connectivity index (χ1v) is 7.08. The molecule has 21 heavy (non-hydrogen) atoms. The number of nitrogens with one attached hydrogen (secondary N) is 1. The number of urea groups is 1. The quantitative estimate of drug-likeness (QED) is 0.859. The molecule has 1 fully saturated rings. The number of nitrogens with zero attached hydrogens (tertiary/aromatic N) is 1. The van der Waals surface area contributed by atoms with Crippen molar-refractivity contribution >= 4 is 11.9 Å². The molecule has 1 aliphatic heterocycles. The first-order valence-electron chi connectivity index (χ1n) is 7.08. The molecule has 1 heterocycles. The second-order valence-electron chi connectivity index (χ2n) is 5.10. The fraction of sp³-hybridized carbons (Fsp3) is 0.467. The van der Waals surface area contributed by atoms with Crippen molar-refractivity contribution in [3.8, 4) is 5.75 Å². The van der Waals surface area contributed by atoms with Crippen LogP contribution in [0.1, 0.15) is 30.9 Å². The summed E-state index contributed by atoms with van der Waals surface area (Å²) in [5, 5.41) is 2.09. The molecular formula is C15H21N3O3. The monoisotopic (exact) mass is 291 g/mol. The van der Waals surface area contributed by atoms with Crippen LogP contribution in [0.15, 0.2) is 24.3 Å². The van der Waals surface area contributed by atoms with E-state index in [0.29, 0.717) is 6.54 Å². The van der Waals surface area contributed by atoms with Gasteiger partial charge in [0.2, 0.25) is 5.91 Å². The zero-order valence-electron chi connectivity index (χ0n) is 12.2. The summed E-state index contributed by atoms with van der Waals surface area (Å²) in [5.41, 5.74) is 6.08. The molecule has 0 saturated carbocycles. The number of nitrogens with two attached hydrogens (primary N) is 1. The Kier molecular flexibility index (Phi) is 5.16. The minimum absolute atomic E-state index is 0.252. The van der Waals surface area contributed by atoms with Gasteiger partial charge in [0.05, 0.1) is 7.11 Å². The zero-order chi connectivity index (χ0) is 15.2. The number of benzene rings is 1. The molecule has 6 nitrogen and oxygen atoms in total. The fourth-order valence-corrected chi connectivity index (χ4v) is 2.83. The Morgan fingerprint density at radius 2 is 2.19 bits per heavy atom. The lowest BCUT2D eigenvalue weighted by Gasteiger charge is -2.25. The van der Waals surface area contributed by atoms with Crippen LogP contribution < -0.4 is 15.8 Å². The number of carbonyl (C=O) groups is 2. The van der Waals surface area contributed by atoms with Crippen LogP contribution in [-0.4, -0.2) is 37.0 Å². The molecule has 2 rings (SSSR count). The number of hydrogen-bond donors (Lipinski definition) is 2. The Hall–Kier alpha value is -2.08. The molecule has 1 aromatic carbocycles. The molecule has 1 saturated heterocycles. The van der Waals surface area contributed by atoms with Gasteiger partial charge in [0, 0.05) is 24.6 Å². The van der Waals surface area contributed by atoms with Crippen molar-refractivity contribution < 1.29 is 14.3 Å². The van der Waals surface area contributed by atoms with E-state index in [1.165, 1.54) is 0 Å². The van der Waals surface area contributed by atoms with Crippen molar-refractivity contribution in [1.82, 2.24) is 10.2 Å². The van der Waals surface area contributed by atoms with Crippen LogP contribution in [0.25, 0.3) is 0 Å². The standard InChI is InChI=1S/C15H21N3O3/c1-21-13-7-3-2-5-11(13)12-6-4-9-18(12)10-8-14(19)17-15(16)20/h2-3,5,7,12H,4,6,8-10H2,1H3,(H3,16,17,19,20). The van der Waals surface area contributed by atoms with Gasteiger partial charge >= 0.3 is 6.03 Å². The van der Waals surface area contributed by atoms with E-state index >= 15 is 0 Å². The molecule has 6 heteroatoms. The van der Waals surface area contributed by atoms with Crippen LogP contribution in [0, 0.1) is 0 Å². The summed E-state index contributed by atoms with van der Waals surface area (Å²) in [4.78, 5) is 24.4. The van der Waals surface area contributed by atoms with E-state index in [1.54, 1.807) is 7.11 Å². The maximum Gasteiger partial charge on any atom is 0.318 e. The Balaban J connectivity index is 2.00. The smallest absolute Gasteiger partial charge is 0.318 e. The van der Waals surface area contributed by atoms with Crippen molar-refractivity contribution in [2.45, 2.75) is 25.3 Å². The maximum absolute atomic E-state index is 11.5. The SMILES string of the molecule is COc1ccccc1C1CCCN1CCC(=O)NC(N)=O. The van der Waals surface area contributed by atoms with Gasteiger partial charge in [-0.05, 0) is 25.5 Å². The van der Waals surface area contributed by atoms with Crippen molar-refractivity contribution in [3.05, 3.63) is 29.8 Å². The van der Waals surface area contributed by atoms with E-state index in [2.05, 4.69) is 16.3 Å². The highest BCUT2D eigenvalue weighted by Gasteiger charge is 2.28. The van der Waals surface area contributed by atoms with Gasteiger partial charge in [0.25, 0.3) is 0 Å². The molecule has 1 unspecified atom stereocenters. The minimum Gasteiger partial charge on any atom is -0.496 e. The maximum atomic E-state index is 11.5. The van der Waals surface area contributed by atoms with Gasteiger partial charge in [0.15, 0.2) is 0 Å². The van der Waals surface area contributed by atoms with E-state index in [1.807, 2.05) is 18.2 Å². The number of amides is 3. The van der Waals surface area contributed by atoms with Crippen LogP contribution in [-0.2, 0) is 4.79 Å². The lowest BCUT2D eigenvalue weighted by molar-refractivity contribution is -0.120. The number of methoxy groups -OCH3 is 1. The first-order chi connectivity index (χ1) is 10.1. The van der Waals surface area contributed by atoms with Gasteiger partial charge in [-0.25, -0.2) is 4.79 Å². The molecule has 1 aromatic rings. The largest absolute Gasteiger partial charge is 0.496 e. The molecule has 0 radical (unpaired) electrons. The number of imide groups is 1. The van der Waals surface area contributed by atoms with Gasteiger partial charge in [-0.1, -0.05) is 18.2 Å². The van der Waals surface area contributed by atoms with Crippen molar-refractivity contribution in [1.29, 1.82) is 0 Å². The van der Waals surface area contributed by atoms with Gasteiger partial charge in [-0.2, -0.15) is 0 Å². The third kappa shape index (κ3) is 3.95. The van der Waals surface area contributed by atoms with Gasteiger partial charge in [-0.3, -0.25) is 15.0 Å². The van der Waals surface area contributed by atoms with E-state index in [0.717, 1.165) is 30.7 Å². The summed E-state index contributed by atoms with van der Waals surface area (Å²) in [6, 6.07) is 7.40. The van der Waals surface area contributed by atoms with Gasteiger partial charge in [-0.15, -0.1) is 0 Å². The number of rotatable bonds is 5. The lowest BCUT2D eigenvalue weighted by atomic mass is 10.0. The molecular weight excluding hydrogens is 270 g/mol. The second-order valence-corrected chi connectivity index (χ2v) is 5.10. The van der Waals surface area contributed by atoms with Gasteiger partial charge in [0.1, 0.15) is 5.75 Å². The number of carbonyl (C=O) groups excluding carboxylic acids is 2. The average molecular weight is 291 g/mol. The van der Waals surface area contributed by atoms with Gasteiger partial charge < -0.3 is 10.5 Å². The minimum atomic E-state index is -0.803. The molecule has 0 aromatic heterocycles. The highest BCUT2D eigenvalue weighted by Crippen LogP contribution is 2.36. The average Bonchev–Trinajstić information content (AvgIpc) is 2.92. The van der Waals surface area contributed by atoms with Crippen LogP contribution >= 0.6 is 0 Å². The molecule has 3 N–H and O–H groups in total. The van der Waals surface area contributed by atoms with E-state index in [9.17, 15) is 9.59 Å². The number of ether oxygens (including phenoxy) is 1. The third-order valence-electron chi connectivity index (χ3n) is 3.75. The van der Waals surface area contributed by atoms with Crippen molar-refractivity contribution in [2.24, 2.45) is 5.73 Å². The molecule has 1 aliphatic rings. The topological polar surface area (TPSA) is 84.7 Å². The Morgan fingerprint density at radius 3 is 2.90 bits per heavy atom.